The van der Waals surface area contributed by atoms with E-state index < -0.39 is 22.0 Å². The fraction of sp³-hybridized carbons (Fsp3) is 0.172. The molecule has 6 nitrogen and oxygen atoms in total. The molecule has 0 aliphatic carbocycles. The minimum atomic E-state index is -3.96. The highest BCUT2D eigenvalue weighted by molar-refractivity contribution is 7.89. The molecule has 0 aliphatic heterocycles. The first-order valence-corrected chi connectivity index (χ1v) is 13.0. The van der Waals surface area contributed by atoms with Gasteiger partial charge in [-0.1, -0.05) is 68.3 Å². The van der Waals surface area contributed by atoms with Crippen LogP contribution in [0.1, 0.15) is 30.7 Å². The fourth-order valence-electron chi connectivity index (χ4n) is 3.85. The Bertz CT molecular complexity index is 1580. The molecule has 4 aromatic rings. The number of rotatable bonds is 6. The summed E-state index contributed by atoms with van der Waals surface area (Å²) in [5.41, 5.74) is 4.36. The molecule has 1 heterocycles. The Morgan fingerprint density at radius 2 is 1.53 bits per heavy atom. The molecule has 0 amide bonds. The average Bonchev–Trinajstić information content (AvgIpc) is 2.87. The van der Waals surface area contributed by atoms with Gasteiger partial charge in [0.2, 0.25) is 10.0 Å². The molecule has 182 valence electrons. The van der Waals surface area contributed by atoms with Gasteiger partial charge < -0.3 is 5.11 Å². The quantitative estimate of drug-likeness (QED) is 0.365. The highest BCUT2D eigenvalue weighted by atomic mass is 32.2. The maximum Gasteiger partial charge on any atom is 0.322 e. The normalized spacial score (nSPS) is 12.2. The number of carboxylic acid groups (broad SMARTS) is 1. The number of nitrogens with one attached hydrogen (secondary N) is 1. The molecule has 36 heavy (non-hydrogen) atoms. The fourth-order valence-corrected chi connectivity index (χ4v) is 5.18. The summed E-state index contributed by atoms with van der Waals surface area (Å²) in [6.45, 7) is 5.32. The van der Waals surface area contributed by atoms with E-state index in [4.69, 9.17) is 0 Å². The minimum Gasteiger partial charge on any atom is -0.480 e. The third-order valence-corrected chi connectivity index (χ3v) is 7.43. The van der Waals surface area contributed by atoms with Gasteiger partial charge in [0.05, 0.1) is 4.90 Å². The molecule has 2 N–H and O–H groups in total. The van der Waals surface area contributed by atoms with E-state index in [0.717, 1.165) is 38.7 Å². The topological polar surface area (TPSA) is 96.4 Å². The summed E-state index contributed by atoms with van der Waals surface area (Å²) >= 11 is 0. The van der Waals surface area contributed by atoms with E-state index in [0.29, 0.717) is 0 Å². The zero-order chi connectivity index (χ0) is 25.9. The molecule has 1 atom stereocenters. The zero-order valence-electron chi connectivity index (χ0n) is 20.2. The molecule has 0 saturated heterocycles. The number of carboxylic acids is 1. The van der Waals surface area contributed by atoms with Crippen molar-refractivity contribution in [3.05, 3.63) is 95.8 Å². The molecule has 0 bridgehead atoms. The number of pyridine rings is 1. The second kappa shape index (κ2) is 10.3. The molecule has 0 aliphatic rings. The first-order valence-electron chi connectivity index (χ1n) is 11.5. The minimum absolute atomic E-state index is 0.0129. The van der Waals surface area contributed by atoms with Crippen LogP contribution in [0, 0.1) is 24.7 Å². The van der Waals surface area contributed by atoms with E-state index in [1.165, 1.54) is 12.1 Å². The Morgan fingerprint density at radius 1 is 0.917 bits per heavy atom. The van der Waals surface area contributed by atoms with Crippen LogP contribution < -0.4 is 4.72 Å². The SMILES string of the molecule is Cc1c(C#Cc2ccc(-c3ccc(S(=O)(=O)N[C@@H](C(=O)O)C(C)C)cc3)cc2)ncc2ccccc12. The van der Waals surface area contributed by atoms with Gasteiger partial charge in [-0.3, -0.25) is 4.79 Å². The predicted molar refractivity (Wildman–Crippen MR) is 141 cm³/mol. The molecule has 4 rings (SSSR count). The van der Waals surface area contributed by atoms with Crippen molar-refractivity contribution in [1.82, 2.24) is 9.71 Å². The molecule has 1 aromatic heterocycles. The second-order valence-corrected chi connectivity index (χ2v) is 10.6. The summed E-state index contributed by atoms with van der Waals surface area (Å²) in [4.78, 5) is 15.9. The van der Waals surface area contributed by atoms with Gasteiger partial charge in [-0.15, -0.1) is 0 Å². The van der Waals surface area contributed by atoms with Crippen LogP contribution in [0.5, 0.6) is 0 Å². The number of hydrogen-bond donors (Lipinski definition) is 2. The molecular formula is C29H26N2O4S. The average molecular weight is 499 g/mol. The van der Waals surface area contributed by atoms with Crippen LogP contribution in [-0.4, -0.2) is 30.5 Å². The monoisotopic (exact) mass is 498 g/mol. The number of carbonyl (C=O) groups is 1. The lowest BCUT2D eigenvalue weighted by Crippen LogP contribution is -2.44. The summed E-state index contributed by atoms with van der Waals surface area (Å²) in [5.74, 6) is 4.72. The van der Waals surface area contributed by atoms with Gasteiger partial charge in [-0.05, 0) is 65.1 Å². The Morgan fingerprint density at radius 3 is 2.14 bits per heavy atom. The van der Waals surface area contributed by atoms with Crippen LogP contribution in [0.4, 0.5) is 0 Å². The standard InChI is InChI=1S/C29H26N2O4S/c1-19(2)28(29(32)33)31-36(34,35)25-15-13-23(14-16-25)22-11-8-21(9-12-22)10-17-27-20(3)26-7-5-4-6-24(26)18-30-27/h4-9,11-16,18-19,28,31H,1-3H3,(H,32,33)/t28-/m1/s1. The van der Waals surface area contributed by atoms with Crippen LogP contribution in [0.3, 0.4) is 0 Å². The van der Waals surface area contributed by atoms with Gasteiger partial charge >= 0.3 is 5.97 Å². The Labute approximate surface area is 211 Å². The number of nitrogens with zero attached hydrogens (tertiary/aromatic N) is 1. The lowest BCUT2D eigenvalue weighted by molar-refractivity contribution is -0.140. The maximum absolute atomic E-state index is 12.6. The van der Waals surface area contributed by atoms with Crippen molar-refractivity contribution in [3.63, 3.8) is 0 Å². The largest absolute Gasteiger partial charge is 0.480 e. The number of aliphatic carboxylic acids is 1. The summed E-state index contributed by atoms with van der Waals surface area (Å²) in [7, 11) is -3.96. The third-order valence-electron chi connectivity index (χ3n) is 5.98. The first kappa shape index (κ1) is 25.1. The van der Waals surface area contributed by atoms with Crippen molar-refractivity contribution >= 4 is 26.8 Å². The number of aryl methyl sites for hydroxylation is 1. The summed E-state index contributed by atoms with van der Waals surface area (Å²) in [6, 6.07) is 20.9. The number of hydrogen-bond acceptors (Lipinski definition) is 4. The van der Waals surface area contributed by atoms with Crippen LogP contribution >= 0.6 is 0 Å². The van der Waals surface area contributed by atoms with Crippen molar-refractivity contribution in [2.75, 3.05) is 0 Å². The van der Waals surface area contributed by atoms with E-state index in [-0.39, 0.29) is 10.8 Å². The Kier molecular flexibility index (Phi) is 7.20. The van der Waals surface area contributed by atoms with Crippen molar-refractivity contribution in [3.8, 4) is 23.0 Å². The van der Waals surface area contributed by atoms with Crippen molar-refractivity contribution in [1.29, 1.82) is 0 Å². The predicted octanol–water partition coefficient (Wildman–Crippen LogP) is 5.00. The van der Waals surface area contributed by atoms with Gasteiger partial charge in [0, 0.05) is 17.1 Å². The van der Waals surface area contributed by atoms with E-state index in [9.17, 15) is 18.3 Å². The number of fused-ring (bicyclic) bond motifs is 1. The second-order valence-electron chi connectivity index (χ2n) is 8.85. The van der Waals surface area contributed by atoms with Gasteiger partial charge in [0.1, 0.15) is 11.7 Å². The van der Waals surface area contributed by atoms with E-state index in [1.54, 1.807) is 26.0 Å². The molecular weight excluding hydrogens is 472 g/mol. The van der Waals surface area contributed by atoms with E-state index in [1.807, 2.05) is 55.6 Å². The van der Waals surface area contributed by atoms with Gasteiger partial charge in [-0.25, -0.2) is 13.4 Å². The van der Waals surface area contributed by atoms with Crippen molar-refractivity contribution in [2.24, 2.45) is 5.92 Å². The van der Waals surface area contributed by atoms with E-state index >= 15 is 0 Å². The summed E-state index contributed by atoms with van der Waals surface area (Å²) in [5, 5.41) is 11.5. The molecule has 0 fully saturated rings. The molecule has 7 heteroatoms. The summed E-state index contributed by atoms with van der Waals surface area (Å²) < 4.78 is 27.5. The lowest BCUT2D eigenvalue weighted by atomic mass is 10.0. The molecule has 0 unspecified atom stereocenters. The third kappa shape index (κ3) is 5.46. The highest BCUT2D eigenvalue weighted by Crippen LogP contribution is 2.23. The molecule has 3 aromatic carbocycles. The molecule has 0 radical (unpaired) electrons. The molecule has 0 spiro atoms. The smallest absolute Gasteiger partial charge is 0.322 e. The number of aromatic nitrogens is 1. The van der Waals surface area contributed by atoms with Crippen LogP contribution in [-0.2, 0) is 14.8 Å². The summed E-state index contributed by atoms with van der Waals surface area (Å²) in [6.07, 6.45) is 1.83. The van der Waals surface area contributed by atoms with Gasteiger partial charge in [-0.2, -0.15) is 4.72 Å². The van der Waals surface area contributed by atoms with Crippen LogP contribution in [0.25, 0.3) is 21.9 Å². The first-order chi connectivity index (χ1) is 17.2. The lowest BCUT2D eigenvalue weighted by Gasteiger charge is -2.18. The van der Waals surface area contributed by atoms with Gasteiger partial charge in [0.25, 0.3) is 0 Å². The van der Waals surface area contributed by atoms with Gasteiger partial charge in [0.15, 0.2) is 0 Å². The molecule has 0 saturated carbocycles. The van der Waals surface area contributed by atoms with Crippen molar-refractivity contribution in [2.45, 2.75) is 31.7 Å². The van der Waals surface area contributed by atoms with Crippen LogP contribution in [0.2, 0.25) is 0 Å². The zero-order valence-corrected chi connectivity index (χ0v) is 21.0. The number of benzene rings is 3. The Hall–Kier alpha value is -3.99. The number of sulfonamides is 1. The highest BCUT2D eigenvalue weighted by Gasteiger charge is 2.27. The Balaban J connectivity index is 1.51. The van der Waals surface area contributed by atoms with E-state index in [2.05, 4.69) is 27.6 Å². The van der Waals surface area contributed by atoms with Crippen molar-refractivity contribution < 1.29 is 18.3 Å². The van der Waals surface area contributed by atoms with Crippen LogP contribution in [0.15, 0.2) is 83.9 Å². The maximum atomic E-state index is 12.6.